The Kier molecular flexibility index (Phi) is 12.4. The predicted molar refractivity (Wildman–Crippen MR) is 205 cm³/mol. The number of ketones is 2. The van der Waals surface area contributed by atoms with E-state index in [9.17, 15) is 31.9 Å². The molecule has 0 spiro atoms. The molecule has 0 saturated heterocycles. The van der Waals surface area contributed by atoms with Crippen LogP contribution in [0.25, 0.3) is 0 Å². The topological polar surface area (TPSA) is 105 Å². The maximum absolute atomic E-state index is 14.5. The van der Waals surface area contributed by atoms with Crippen LogP contribution in [-0.2, 0) is 20.5 Å². The highest BCUT2D eigenvalue weighted by Gasteiger charge is 2.26. The third-order valence-electron chi connectivity index (χ3n) is 9.46. The second-order valence-electron chi connectivity index (χ2n) is 13.1. The van der Waals surface area contributed by atoms with Gasteiger partial charge in [0.1, 0.15) is 23.3 Å². The fourth-order valence-corrected chi connectivity index (χ4v) is 6.87. The molecule has 7 nitrogen and oxygen atoms in total. The van der Waals surface area contributed by atoms with E-state index in [-0.39, 0.29) is 34.7 Å². The second-order valence-corrected chi connectivity index (χ2v) is 14.0. The first-order valence-corrected chi connectivity index (χ1v) is 17.7. The Morgan fingerprint density at radius 2 is 1.14 bits per heavy atom. The van der Waals surface area contributed by atoms with Crippen molar-refractivity contribution in [1.29, 1.82) is 5.26 Å². The summed E-state index contributed by atoms with van der Waals surface area (Å²) in [6.07, 6.45) is -0.122. The van der Waals surface area contributed by atoms with Crippen LogP contribution in [0.4, 0.5) is 17.6 Å². The Labute approximate surface area is 330 Å². The summed E-state index contributed by atoms with van der Waals surface area (Å²) in [4.78, 5) is 36.7. The van der Waals surface area contributed by atoms with Crippen LogP contribution >= 0.6 is 23.2 Å². The van der Waals surface area contributed by atoms with E-state index in [1.807, 2.05) is 0 Å². The highest BCUT2D eigenvalue weighted by Crippen LogP contribution is 2.33. The lowest BCUT2D eigenvalue weighted by Gasteiger charge is -2.16. The van der Waals surface area contributed by atoms with Gasteiger partial charge in [0.15, 0.2) is 0 Å². The van der Waals surface area contributed by atoms with Crippen molar-refractivity contribution in [1.82, 2.24) is 9.13 Å². The van der Waals surface area contributed by atoms with E-state index >= 15 is 0 Å². The zero-order valence-electron chi connectivity index (χ0n) is 30.6. The number of aromatic carboxylic acids is 1. The van der Waals surface area contributed by atoms with Crippen LogP contribution in [-0.4, -0.2) is 31.8 Å². The Balaban J connectivity index is 0.000000214. The minimum absolute atomic E-state index is 0.0763. The van der Waals surface area contributed by atoms with Gasteiger partial charge in [0, 0.05) is 70.1 Å². The zero-order valence-corrected chi connectivity index (χ0v) is 32.2. The van der Waals surface area contributed by atoms with Crippen molar-refractivity contribution in [3.8, 4) is 6.07 Å². The lowest BCUT2D eigenvalue weighted by Crippen LogP contribution is -2.13. The number of carbonyl (C=O) groups is 3. The molecule has 6 rings (SSSR count). The molecular weight excluding hydrogens is 769 g/mol. The molecule has 0 radical (unpaired) electrons. The highest BCUT2D eigenvalue weighted by atomic mass is 35.5. The molecular formula is C43H33Cl2F4N3O4. The van der Waals surface area contributed by atoms with Gasteiger partial charge < -0.3 is 14.2 Å². The molecule has 0 aliphatic heterocycles. The van der Waals surface area contributed by atoms with Crippen LogP contribution in [0.2, 0.25) is 10.0 Å². The van der Waals surface area contributed by atoms with Gasteiger partial charge in [-0.05, 0) is 110 Å². The summed E-state index contributed by atoms with van der Waals surface area (Å²) in [7, 11) is 3.34. The standard InChI is InChI=1S/C22H17ClF2N2O.C21H16ClF2NO3/c1-12-8-19(13(2)20-17(24)9-14(11-26)10-18(20)25)27(3)21(12)22(28)15-4-6-16(23)7-5-15;1-11-7-15(10-16-17(23)8-13(21(27)28)9-18(16)24)25(2)19(11)20(26)12-3-5-14(22)6-4-12/h4-10,13H,1-3H3;3-9H,10H2,1-2H3,(H,27,28). The summed E-state index contributed by atoms with van der Waals surface area (Å²) in [6, 6.07) is 21.8. The first kappa shape index (κ1) is 41.2. The SMILES string of the molecule is Cc1cc(C(C)c2c(F)cc(C#N)cc2F)n(C)c1C(=O)c1ccc(Cl)cc1.Cc1cc(Cc2c(F)cc(C(=O)O)cc2F)n(C)c1C(=O)c1ccc(Cl)cc1. The number of halogens is 6. The van der Waals surface area contributed by atoms with Gasteiger partial charge in [0.2, 0.25) is 11.6 Å². The van der Waals surface area contributed by atoms with Gasteiger partial charge in [-0.25, -0.2) is 22.4 Å². The number of benzene rings is 4. The summed E-state index contributed by atoms with van der Waals surface area (Å²) in [5.74, 6) is -5.94. The van der Waals surface area contributed by atoms with Crippen LogP contribution < -0.4 is 0 Å². The van der Waals surface area contributed by atoms with Gasteiger partial charge >= 0.3 is 5.97 Å². The molecule has 6 aromatic rings. The van der Waals surface area contributed by atoms with E-state index in [0.29, 0.717) is 55.1 Å². The van der Waals surface area contributed by atoms with Crippen molar-refractivity contribution in [2.75, 3.05) is 0 Å². The first-order chi connectivity index (χ1) is 26.4. The lowest BCUT2D eigenvalue weighted by molar-refractivity contribution is 0.0695. The number of hydrogen-bond donors (Lipinski definition) is 1. The van der Waals surface area contributed by atoms with Gasteiger partial charge in [-0.3, -0.25) is 9.59 Å². The summed E-state index contributed by atoms with van der Waals surface area (Å²) in [5.41, 5.74) is 3.34. The van der Waals surface area contributed by atoms with E-state index in [1.165, 1.54) is 0 Å². The minimum Gasteiger partial charge on any atom is -0.478 e. The fourth-order valence-electron chi connectivity index (χ4n) is 6.61. The van der Waals surface area contributed by atoms with Crippen molar-refractivity contribution in [2.45, 2.75) is 33.1 Å². The summed E-state index contributed by atoms with van der Waals surface area (Å²) in [5, 5.41) is 18.8. The molecule has 0 fully saturated rings. The highest BCUT2D eigenvalue weighted by molar-refractivity contribution is 6.31. The molecule has 1 unspecified atom stereocenters. The number of aryl methyl sites for hydroxylation is 2. The Morgan fingerprint density at radius 3 is 1.59 bits per heavy atom. The van der Waals surface area contributed by atoms with E-state index in [0.717, 1.165) is 24.3 Å². The lowest BCUT2D eigenvalue weighted by atomic mass is 9.95. The summed E-state index contributed by atoms with van der Waals surface area (Å²) < 4.78 is 60.7. The zero-order chi connectivity index (χ0) is 41.2. The van der Waals surface area contributed by atoms with E-state index in [2.05, 4.69) is 0 Å². The number of nitrogens with zero attached hydrogens (tertiary/aromatic N) is 3. The van der Waals surface area contributed by atoms with Gasteiger partial charge in [-0.2, -0.15) is 5.26 Å². The van der Waals surface area contributed by atoms with Crippen LogP contribution in [0.15, 0.2) is 84.9 Å². The number of aromatic nitrogens is 2. The maximum Gasteiger partial charge on any atom is 0.335 e. The molecule has 13 heteroatoms. The molecule has 4 aromatic carbocycles. The van der Waals surface area contributed by atoms with Crippen LogP contribution in [0.5, 0.6) is 0 Å². The van der Waals surface area contributed by atoms with Gasteiger partial charge in [-0.1, -0.05) is 30.1 Å². The number of hydrogen-bond acceptors (Lipinski definition) is 4. The molecule has 0 aliphatic carbocycles. The van der Waals surface area contributed by atoms with Crippen molar-refractivity contribution >= 4 is 40.7 Å². The predicted octanol–water partition coefficient (Wildman–Crippen LogP) is 10.3. The average Bonchev–Trinajstić information content (AvgIpc) is 3.61. The van der Waals surface area contributed by atoms with Crippen molar-refractivity contribution in [2.24, 2.45) is 14.1 Å². The Hall–Kier alpha value is -5.96. The van der Waals surface area contributed by atoms with Crippen LogP contribution in [0, 0.1) is 48.4 Å². The fraction of sp³-hybridized carbons (Fsp3) is 0.163. The molecule has 56 heavy (non-hydrogen) atoms. The van der Waals surface area contributed by atoms with Gasteiger partial charge in [0.05, 0.1) is 28.6 Å². The largest absolute Gasteiger partial charge is 0.478 e. The van der Waals surface area contributed by atoms with E-state index in [1.54, 1.807) is 111 Å². The van der Waals surface area contributed by atoms with Gasteiger partial charge in [-0.15, -0.1) is 0 Å². The number of nitriles is 1. The maximum atomic E-state index is 14.5. The van der Waals surface area contributed by atoms with Crippen molar-refractivity contribution in [3.05, 3.63) is 186 Å². The third kappa shape index (κ3) is 8.47. The molecule has 0 saturated carbocycles. The monoisotopic (exact) mass is 801 g/mol. The van der Waals surface area contributed by atoms with Crippen LogP contribution in [0.3, 0.4) is 0 Å². The Bertz CT molecular complexity index is 2510. The number of carboxylic acids is 1. The normalized spacial score (nSPS) is 11.4. The molecule has 1 N–H and O–H groups in total. The molecule has 1 atom stereocenters. The van der Waals surface area contributed by atoms with Crippen LogP contribution in [0.1, 0.15) is 94.5 Å². The van der Waals surface area contributed by atoms with E-state index < -0.39 is 40.7 Å². The third-order valence-corrected chi connectivity index (χ3v) is 9.96. The minimum atomic E-state index is -1.41. The molecule has 0 bridgehead atoms. The summed E-state index contributed by atoms with van der Waals surface area (Å²) in [6.45, 7) is 5.19. The molecule has 2 heterocycles. The molecule has 2 aromatic heterocycles. The Morgan fingerprint density at radius 1 is 0.696 bits per heavy atom. The van der Waals surface area contributed by atoms with Crippen molar-refractivity contribution < 1.29 is 37.1 Å². The molecule has 0 amide bonds. The quantitative estimate of drug-likeness (QED) is 0.116. The number of rotatable bonds is 9. The number of carbonyl (C=O) groups excluding carboxylic acids is 2. The summed E-state index contributed by atoms with van der Waals surface area (Å²) >= 11 is 11.7. The first-order valence-electron chi connectivity index (χ1n) is 17.0. The van der Waals surface area contributed by atoms with Crippen molar-refractivity contribution in [3.63, 3.8) is 0 Å². The smallest absolute Gasteiger partial charge is 0.335 e. The van der Waals surface area contributed by atoms with Gasteiger partial charge in [0.25, 0.3) is 0 Å². The average molecular weight is 803 g/mol. The molecule has 286 valence electrons. The molecule has 0 aliphatic rings. The number of carboxylic acid groups (broad SMARTS) is 1. The second kappa shape index (κ2) is 16.8. The van der Waals surface area contributed by atoms with E-state index in [4.69, 9.17) is 33.6 Å².